The molecule has 1 aromatic heterocycles. The Morgan fingerprint density at radius 1 is 0.806 bits per heavy atom. The number of halogens is 3. The predicted octanol–water partition coefficient (Wildman–Crippen LogP) is 7.22. The van der Waals surface area contributed by atoms with Crippen molar-refractivity contribution in [3.63, 3.8) is 0 Å². The number of rotatable bonds is 4. The van der Waals surface area contributed by atoms with E-state index < -0.39 is 23.5 Å². The minimum absolute atomic E-state index is 0.0198. The first-order valence-electron chi connectivity index (χ1n) is 11.3. The van der Waals surface area contributed by atoms with E-state index in [2.05, 4.69) is 30.8 Å². The van der Waals surface area contributed by atoms with E-state index in [4.69, 9.17) is 0 Å². The van der Waals surface area contributed by atoms with Gasteiger partial charge in [-0.25, -0.2) is 4.79 Å². The Bertz CT molecular complexity index is 1520. The van der Waals surface area contributed by atoms with Crippen LogP contribution >= 0.6 is 0 Å². The Morgan fingerprint density at radius 3 is 1.92 bits per heavy atom. The standard InChI is InChI=1S/C28H25F3N2O3/c1-16(32-36-17(2)34)26(35)18-6-12-24-22(14-18)23-15-20(27(3,4)5)9-13-25(23)33(24)21-10-7-19(8-11-21)28(29,30)31/h6-15H,1-5H3. The quantitative estimate of drug-likeness (QED) is 0.130. The maximum atomic E-state index is 13.1. The lowest BCUT2D eigenvalue weighted by molar-refractivity contribution is -0.141. The van der Waals surface area contributed by atoms with E-state index in [1.54, 1.807) is 18.2 Å². The molecule has 0 radical (unpaired) electrons. The molecule has 0 aliphatic carbocycles. The molecule has 3 aromatic carbocycles. The fraction of sp³-hybridized carbons (Fsp3) is 0.250. The van der Waals surface area contributed by atoms with Gasteiger partial charge >= 0.3 is 12.1 Å². The van der Waals surface area contributed by atoms with Crippen molar-refractivity contribution in [2.45, 2.75) is 46.2 Å². The fourth-order valence-electron chi connectivity index (χ4n) is 4.09. The molecule has 0 fully saturated rings. The summed E-state index contributed by atoms with van der Waals surface area (Å²) in [6, 6.07) is 16.1. The van der Waals surface area contributed by atoms with E-state index >= 15 is 0 Å². The largest absolute Gasteiger partial charge is 0.416 e. The van der Waals surface area contributed by atoms with E-state index in [1.165, 1.54) is 26.0 Å². The first-order valence-corrected chi connectivity index (χ1v) is 11.3. The molecule has 1 heterocycles. The van der Waals surface area contributed by atoms with Crippen LogP contribution in [0.4, 0.5) is 13.2 Å². The molecule has 0 bridgehead atoms. The normalized spacial score (nSPS) is 12.8. The van der Waals surface area contributed by atoms with Crippen molar-refractivity contribution in [2.75, 3.05) is 0 Å². The third kappa shape index (κ3) is 4.76. The smallest absolute Gasteiger partial charge is 0.318 e. The summed E-state index contributed by atoms with van der Waals surface area (Å²) >= 11 is 0. The predicted molar refractivity (Wildman–Crippen MR) is 134 cm³/mol. The van der Waals surface area contributed by atoms with Gasteiger partial charge in [0.15, 0.2) is 0 Å². The number of oxime groups is 1. The van der Waals surface area contributed by atoms with Crippen LogP contribution < -0.4 is 0 Å². The molecule has 0 N–H and O–H groups in total. The number of nitrogens with zero attached hydrogens (tertiary/aromatic N) is 2. The maximum Gasteiger partial charge on any atom is 0.416 e. The molecule has 8 heteroatoms. The molecule has 186 valence electrons. The topological polar surface area (TPSA) is 60.7 Å². The van der Waals surface area contributed by atoms with Gasteiger partial charge in [0, 0.05) is 28.9 Å². The van der Waals surface area contributed by atoms with Crippen molar-refractivity contribution in [1.82, 2.24) is 4.57 Å². The highest BCUT2D eigenvalue weighted by molar-refractivity contribution is 6.45. The lowest BCUT2D eigenvalue weighted by atomic mass is 9.86. The van der Waals surface area contributed by atoms with Crippen LogP contribution in [-0.4, -0.2) is 22.0 Å². The number of alkyl halides is 3. The lowest BCUT2D eigenvalue weighted by Gasteiger charge is -2.19. The van der Waals surface area contributed by atoms with Gasteiger partial charge in [-0.1, -0.05) is 32.0 Å². The number of fused-ring (bicyclic) bond motifs is 3. The van der Waals surface area contributed by atoms with Gasteiger partial charge in [0.05, 0.1) is 16.6 Å². The molecule has 4 rings (SSSR count). The van der Waals surface area contributed by atoms with Crippen molar-refractivity contribution in [3.05, 3.63) is 77.4 Å². The fourth-order valence-corrected chi connectivity index (χ4v) is 4.09. The Labute approximate surface area is 206 Å². The van der Waals surface area contributed by atoms with Crippen molar-refractivity contribution in [3.8, 4) is 5.69 Å². The zero-order valence-electron chi connectivity index (χ0n) is 20.5. The van der Waals surface area contributed by atoms with Crippen LogP contribution in [0.2, 0.25) is 0 Å². The van der Waals surface area contributed by atoms with E-state index in [1.807, 2.05) is 22.8 Å². The van der Waals surface area contributed by atoms with Crippen LogP contribution in [0, 0.1) is 0 Å². The summed E-state index contributed by atoms with van der Waals surface area (Å²) < 4.78 is 41.3. The van der Waals surface area contributed by atoms with Crippen LogP contribution in [0.5, 0.6) is 0 Å². The Hall–Kier alpha value is -3.94. The number of aromatic nitrogens is 1. The van der Waals surface area contributed by atoms with Crippen LogP contribution in [0.3, 0.4) is 0 Å². The van der Waals surface area contributed by atoms with Gasteiger partial charge in [-0.3, -0.25) is 4.79 Å². The number of benzene rings is 3. The molecule has 5 nitrogen and oxygen atoms in total. The molecule has 0 saturated carbocycles. The summed E-state index contributed by atoms with van der Waals surface area (Å²) in [6.07, 6.45) is -4.43. The molecule has 0 unspecified atom stereocenters. The van der Waals surface area contributed by atoms with Gasteiger partial charge in [0.25, 0.3) is 0 Å². The molecule has 0 aliphatic rings. The van der Waals surface area contributed by atoms with Crippen molar-refractivity contribution < 1.29 is 27.6 Å². The molecule has 0 aliphatic heterocycles. The first-order chi connectivity index (χ1) is 16.8. The zero-order valence-corrected chi connectivity index (χ0v) is 20.5. The van der Waals surface area contributed by atoms with Crippen LogP contribution in [0.25, 0.3) is 27.5 Å². The number of hydrogen-bond donors (Lipinski definition) is 0. The molecule has 0 spiro atoms. The second-order valence-corrected chi connectivity index (χ2v) is 9.68. The minimum Gasteiger partial charge on any atom is -0.318 e. The highest BCUT2D eigenvalue weighted by Crippen LogP contribution is 2.37. The second kappa shape index (κ2) is 8.93. The van der Waals surface area contributed by atoms with Gasteiger partial charge < -0.3 is 9.40 Å². The second-order valence-electron chi connectivity index (χ2n) is 9.68. The van der Waals surface area contributed by atoms with E-state index in [-0.39, 0.29) is 11.1 Å². The van der Waals surface area contributed by atoms with Crippen LogP contribution in [0.1, 0.15) is 56.1 Å². The van der Waals surface area contributed by atoms with Crippen LogP contribution in [0.15, 0.2) is 65.8 Å². The summed E-state index contributed by atoms with van der Waals surface area (Å²) in [7, 11) is 0. The average molecular weight is 495 g/mol. The van der Waals surface area contributed by atoms with Gasteiger partial charge in [-0.15, -0.1) is 0 Å². The molecule has 36 heavy (non-hydrogen) atoms. The van der Waals surface area contributed by atoms with E-state index in [0.717, 1.165) is 39.5 Å². The van der Waals surface area contributed by atoms with Crippen molar-refractivity contribution in [1.29, 1.82) is 0 Å². The van der Waals surface area contributed by atoms with Crippen molar-refractivity contribution >= 4 is 39.3 Å². The van der Waals surface area contributed by atoms with E-state index in [0.29, 0.717) is 11.3 Å². The number of Topliss-reactive ketones (excluding diaryl/α,β-unsaturated/α-hetero) is 1. The summed E-state index contributed by atoms with van der Waals surface area (Å²) in [5, 5.41) is 5.22. The minimum atomic E-state index is -4.43. The van der Waals surface area contributed by atoms with Gasteiger partial charge in [-0.2, -0.15) is 13.2 Å². The van der Waals surface area contributed by atoms with Crippen molar-refractivity contribution in [2.24, 2.45) is 5.16 Å². The molecule has 0 saturated heterocycles. The maximum absolute atomic E-state index is 13.1. The summed E-state index contributed by atoms with van der Waals surface area (Å²) in [6.45, 7) is 8.92. The summed E-state index contributed by atoms with van der Waals surface area (Å²) in [4.78, 5) is 28.6. The van der Waals surface area contributed by atoms with Crippen LogP contribution in [-0.2, 0) is 21.2 Å². The highest BCUT2D eigenvalue weighted by Gasteiger charge is 2.30. The highest BCUT2D eigenvalue weighted by atomic mass is 19.4. The summed E-state index contributed by atoms with van der Waals surface area (Å²) in [5.41, 5.74) is 2.68. The number of hydrogen-bond acceptors (Lipinski definition) is 4. The average Bonchev–Trinajstić information content (AvgIpc) is 3.14. The number of carbonyl (C=O) groups excluding carboxylic acids is 2. The third-order valence-corrected chi connectivity index (χ3v) is 5.99. The first kappa shape index (κ1) is 25.2. The Kier molecular flexibility index (Phi) is 6.24. The third-order valence-electron chi connectivity index (χ3n) is 5.99. The zero-order chi connectivity index (χ0) is 26.4. The molecular weight excluding hydrogens is 469 g/mol. The SMILES string of the molecule is CC(=O)ON=C(C)C(=O)c1ccc2c(c1)c1cc(C(C)(C)C)ccc1n2-c1ccc(C(F)(F)F)cc1. The molecular formula is C28H25F3N2O3. The molecule has 0 amide bonds. The molecule has 4 aromatic rings. The number of carbonyl (C=O) groups is 2. The Balaban J connectivity index is 1.95. The molecule has 0 atom stereocenters. The monoisotopic (exact) mass is 494 g/mol. The van der Waals surface area contributed by atoms with Gasteiger partial charge in [0.2, 0.25) is 5.78 Å². The number of ketones is 1. The van der Waals surface area contributed by atoms with Gasteiger partial charge in [0.1, 0.15) is 5.71 Å². The lowest BCUT2D eigenvalue weighted by Crippen LogP contribution is -2.12. The Morgan fingerprint density at radius 2 is 1.36 bits per heavy atom. The summed E-state index contributed by atoms with van der Waals surface area (Å²) in [5.74, 6) is -1.03. The van der Waals surface area contributed by atoms with E-state index in [9.17, 15) is 22.8 Å². The van der Waals surface area contributed by atoms with Gasteiger partial charge in [-0.05, 0) is 72.5 Å².